The van der Waals surface area contributed by atoms with Crippen LogP contribution in [0.4, 0.5) is 5.82 Å². The minimum Gasteiger partial charge on any atom is -0.306 e. The molecule has 1 amide bonds. The average molecular weight is 226 g/mol. The lowest BCUT2D eigenvalue weighted by Crippen LogP contribution is -2.14. The molecule has 1 heterocycles. The van der Waals surface area contributed by atoms with E-state index in [2.05, 4.69) is 10.3 Å². The van der Waals surface area contributed by atoms with E-state index in [0.717, 1.165) is 11.1 Å². The van der Waals surface area contributed by atoms with E-state index in [1.165, 1.54) is 0 Å². The van der Waals surface area contributed by atoms with E-state index in [4.69, 9.17) is 0 Å². The van der Waals surface area contributed by atoms with Gasteiger partial charge >= 0.3 is 0 Å². The molecule has 1 N–H and O–H groups in total. The zero-order valence-corrected chi connectivity index (χ0v) is 9.90. The molecule has 3 nitrogen and oxygen atoms in total. The quantitative estimate of drug-likeness (QED) is 0.855. The molecule has 0 unspecified atom stereocenters. The summed E-state index contributed by atoms with van der Waals surface area (Å²) in [7, 11) is 0. The second-order valence-corrected chi connectivity index (χ2v) is 3.94. The monoisotopic (exact) mass is 226 g/mol. The predicted molar refractivity (Wildman–Crippen MR) is 68.1 cm³/mol. The van der Waals surface area contributed by atoms with Gasteiger partial charge in [-0.3, -0.25) is 4.79 Å². The number of hydrogen-bond donors (Lipinski definition) is 1. The third-order valence-corrected chi connectivity index (χ3v) is 2.63. The number of rotatable bonds is 2. The van der Waals surface area contributed by atoms with Crippen molar-refractivity contribution < 1.29 is 4.79 Å². The first-order valence-corrected chi connectivity index (χ1v) is 5.47. The number of benzene rings is 1. The van der Waals surface area contributed by atoms with Gasteiger partial charge in [-0.05, 0) is 37.1 Å². The molecule has 0 aliphatic rings. The molecular weight excluding hydrogens is 212 g/mol. The van der Waals surface area contributed by atoms with Gasteiger partial charge in [0, 0.05) is 11.8 Å². The zero-order valence-electron chi connectivity index (χ0n) is 9.90. The van der Waals surface area contributed by atoms with Crippen LogP contribution in [0.2, 0.25) is 0 Å². The molecule has 1 aromatic heterocycles. The van der Waals surface area contributed by atoms with Crippen molar-refractivity contribution in [3.63, 3.8) is 0 Å². The highest BCUT2D eigenvalue weighted by Gasteiger charge is 2.09. The largest absolute Gasteiger partial charge is 0.306 e. The molecule has 0 fully saturated rings. The average Bonchev–Trinajstić information content (AvgIpc) is 2.32. The van der Waals surface area contributed by atoms with E-state index < -0.39 is 0 Å². The van der Waals surface area contributed by atoms with Gasteiger partial charge in [0.05, 0.1) is 0 Å². The highest BCUT2D eigenvalue weighted by molar-refractivity contribution is 6.05. The Balaban J connectivity index is 2.24. The van der Waals surface area contributed by atoms with E-state index in [1.54, 1.807) is 6.20 Å². The number of aryl methyl sites for hydroxylation is 2. The van der Waals surface area contributed by atoms with E-state index in [1.807, 2.05) is 50.2 Å². The molecular formula is C14H14N2O. The molecule has 2 rings (SSSR count). The van der Waals surface area contributed by atoms with Gasteiger partial charge in [0.25, 0.3) is 5.91 Å². The summed E-state index contributed by atoms with van der Waals surface area (Å²) in [5, 5.41) is 2.82. The zero-order chi connectivity index (χ0) is 12.3. The number of aromatic nitrogens is 1. The van der Waals surface area contributed by atoms with Crippen molar-refractivity contribution >= 4 is 11.7 Å². The Hall–Kier alpha value is -2.16. The lowest BCUT2D eigenvalue weighted by atomic mass is 10.1. The molecule has 17 heavy (non-hydrogen) atoms. The number of nitrogens with zero attached hydrogens (tertiary/aromatic N) is 1. The summed E-state index contributed by atoms with van der Waals surface area (Å²) in [4.78, 5) is 16.2. The molecule has 0 atom stereocenters. The van der Waals surface area contributed by atoms with Gasteiger partial charge in [-0.15, -0.1) is 0 Å². The molecule has 0 aliphatic carbocycles. The highest BCUT2D eigenvalue weighted by atomic mass is 16.1. The van der Waals surface area contributed by atoms with Gasteiger partial charge in [0.2, 0.25) is 0 Å². The van der Waals surface area contributed by atoms with Crippen LogP contribution >= 0.6 is 0 Å². The van der Waals surface area contributed by atoms with Crippen LogP contribution in [0.25, 0.3) is 0 Å². The van der Waals surface area contributed by atoms with E-state index in [0.29, 0.717) is 11.4 Å². The van der Waals surface area contributed by atoms with E-state index in [9.17, 15) is 4.79 Å². The van der Waals surface area contributed by atoms with Gasteiger partial charge in [-0.2, -0.15) is 0 Å². The second kappa shape index (κ2) is 4.78. The molecule has 1 aromatic carbocycles. The van der Waals surface area contributed by atoms with Crippen LogP contribution in [-0.4, -0.2) is 10.9 Å². The number of carbonyl (C=O) groups excluding carboxylic acids is 1. The fraction of sp³-hybridized carbons (Fsp3) is 0.143. The van der Waals surface area contributed by atoms with Crippen molar-refractivity contribution in [1.82, 2.24) is 4.98 Å². The van der Waals surface area contributed by atoms with Crippen molar-refractivity contribution in [2.24, 2.45) is 0 Å². The Bertz CT molecular complexity index is 549. The number of amides is 1. The fourth-order valence-electron chi connectivity index (χ4n) is 1.62. The predicted octanol–water partition coefficient (Wildman–Crippen LogP) is 2.95. The Morgan fingerprint density at radius 2 is 1.76 bits per heavy atom. The number of pyridine rings is 1. The molecule has 0 saturated carbocycles. The van der Waals surface area contributed by atoms with Crippen molar-refractivity contribution in [3.8, 4) is 0 Å². The Labute approximate surface area is 101 Å². The number of nitrogens with one attached hydrogen (secondary N) is 1. The summed E-state index contributed by atoms with van der Waals surface area (Å²) in [6.07, 6.45) is 1.67. The number of hydrogen-bond acceptors (Lipinski definition) is 2. The van der Waals surface area contributed by atoms with Crippen molar-refractivity contribution in [2.75, 3.05) is 5.32 Å². The minimum atomic E-state index is -0.120. The van der Waals surface area contributed by atoms with Crippen LogP contribution in [0.3, 0.4) is 0 Å². The van der Waals surface area contributed by atoms with Crippen LogP contribution in [0.1, 0.15) is 21.5 Å². The standard InChI is InChI=1S/C14H14N2O/c1-10-6-3-4-8-12(10)14(17)16-13-11(2)7-5-9-15-13/h3-9H,1-2H3,(H,15,16,17). The summed E-state index contributed by atoms with van der Waals surface area (Å²) >= 11 is 0. The summed E-state index contributed by atoms with van der Waals surface area (Å²) in [6, 6.07) is 11.3. The molecule has 0 aliphatic heterocycles. The van der Waals surface area contributed by atoms with E-state index in [-0.39, 0.29) is 5.91 Å². The van der Waals surface area contributed by atoms with Gasteiger partial charge in [-0.1, -0.05) is 24.3 Å². The maximum absolute atomic E-state index is 12.0. The fourth-order valence-corrected chi connectivity index (χ4v) is 1.62. The molecule has 86 valence electrons. The van der Waals surface area contributed by atoms with E-state index >= 15 is 0 Å². The molecule has 0 bridgehead atoms. The lowest BCUT2D eigenvalue weighted by molar-refractivity contribution is 0.102. The highest BCUT2D eigenvalue weighted by Crippen LogP contribution is 2.13. The number of carbonyl (C=O) groups is 1. The summed E-state index contributed by atoms with van der Waals surface area (Å²) in [5.74, 6) is 0.491. The second-order valence-electron chi connectivity index (χ2n) is 3.94. The summed E-state index contributed by atoms with van der Waals surface area (Å²) in [5.41, 5.74) is 2.59. The Kier molecular flexibility index (Phi) is 3.19. The SMILES string of the molecule is Cc1ccccc1C(=O)Nc1ncccc1C. The first-order chi connectivity index (χ1) is 8.18. The van der Waals surface area contributed by atoms with Crippen molar-refractivity contribution in [3.05, 3.63) is 59.3 Å². The molecule has 2 aromatic rings. The summed E-state index contributed by atoms with van der Waals surface area (Å²) in [6.45, 7) is 3.83. The third kappa shape index (κ3) is 2.50. The molecule has 0 saturated heterocycles. The van der Waals surface area contributed by atoms with Crippen LogP contribution in [-0.2, 0) is 0 Å². The lowest BCUT2D eigenvalue weighted by Gasteiger charge is -2.08. The molecule has 0 radical (unpaired) electrons. The van der Waals surface area contributed by atoms with Gasteiger partial charge in [-0.25, -0.2) is 4.98 Å². The first-order valence-electron chi connectivity index (χ1n) is 5.47. The van der Waals surface area contributed by atoms with Gasteiger partial charge < -0.3 is 5.32 Å². The topological polar surface area (TPSA) is 42.0 Å². The first kappa shape index (κ1) is 11.3. The summed E-state index contributed by atoms with van der Waals surface area (Å²) < 4.78 is 0. The third-order valence-electron chi connectivity index (χ3n) is 2.63. The molecule has 0 spiro atoms. The molecule has 3 heteroatoms. The number of anilines is 1. The van der Waals surface area contributed by atoms with Crippen LogP contribution in [0, 0.1) is 13.8 Å². The minimum absolute atomic E-state index is 0.120. The van der Waals surface area contributed by atoms with Gasteiger partial charge in [0.15, 0.2) is 0 Å². The van der Waals surface area contributed by atoms with Crippen LogP contribution < -0.4 is 5.32 Å². The van der Waals surface area contributed by atoms with Crippen molar-refractivity contribution in [1.29, 1.82) is 0 Å². The van der Waals surface area contributed by atoms with Crippen LogP contribution in [0.5, 0.6) is 0 Å². The maximum atomic E-state index is 12.0. The van der Waals surface area contributed by atoms with Gasteiger partial charge in [0.1, 0.15) is 5.82 Å². The Morgan fingerprint density at radius 3 is 2.47 bits per heavy atom. The van der Waals surface area contributed by atoms with Crippen molar-refractivity contribution in [2.45, 2.75) is 13.8 Å². The maximum Gasteiger partial charge on any atom is 0.257 e. The smallest absolute Gasteiger partial charge is 0.257 e. The Morgan fingerprint density at radius 1 is 1.06 bits per heavy atom. The normalized spacial score (nSPS) is 10.0. The van der Waals surface area contributed by atoms with Crippen LogP contribution in [0.15, 0.2) is 42.6 Å².